The van der Waals surface area contributed by atoms with Gasteiger partial charge in [0.1, 0.15) is 11.6 Å². The first-order valence-electron chi connectivity index (χ1n) is 10.7. The molecule has 166 valence electrons. The molecule has 1 aliphatic heterocycles. The van der Waals surface area contributed by atoms with E-state index in [0.717, 1.165) is 35.2 Å². The highest BCUT2D eigenvalue weighted by Crippen LogP contribution is 2.29. The van der Waals surface area contributed by atoms with Gasteiger partial charge in [-0.3, -0.25) is 4.79 Å². The minimum absolute atomic E-state index is 0.00575. The van der Waals surface area contributed by atoms with Crippen molar-refractivity contribution < 1.29 is 14.3 Å². The smallest absolute Gasteiger partial charge is 0.307 e. The van der Waals surface area contributed by atoms with Crippen molar-refractivity contribution in [3.63, 3.8) is 0 Å². The zero-order valence-electron chi connectivity index (χ0n) is 17.9. The van der Waals surface area contributed by atoms with Gasteiger partial charge in [0.05, 0.1) is 30.4 Å². The molecule has 3 aromatic rings. The number of hydrogen-bond acceptors (Lipinski definition) is 5. The number of hydrogen-bond donors (Lipinski definition) is 4. The molecule has 0 spiro atoms. The van der Waals surface area contributed by atoms with Gasteiger partial charge in [-0.15, -0.1) is 0 Å². The van der Waals surface area contributed by atoms with E-state index in [1.807, 2.05) is 43.3 Å². The number of nitrogens with zero attached hydrogens (tertiary/aromatic N) is 1. The van der Waals surface area contributed by atoms with Crippen molar-refractivity contribution in [2.24, 2.45) is 0 Å². The van der Waals surface area contributed by atoms with E-state index in [1.54, 1.807) is 0 Å². The summed E-state index contributed by atoms with van der Waals surface area (Å²) < 4.78 is 13.5. The Morgan fingerprint density at radius 1 is 1.25 bits per heavy atom. The van der Waals surface area contributed by atoms with Crippen LogP contribution >= 0.6 is 0 Å². The van der Waals surface area contributed by atoms with Crippen LogP contribution in [0.5, 0.6) is 0 Å². The van der Waals surface area contributed by atoms with E-state index in [0.29, 0.717) is 18.1 Å². The summed E-state index contributed by atoms with van der Waals surface area (Å²) in [5.74, 6) is -0.552. The number of anilines is 2. The molecule has 0 bridgehead atoms. The molecule has 2 heterocycles. The molecule has 4 N–H and O–H groups in total. The van der Waals surface area contributed by atoms with Gasteiger partial charge in [-0.2, -0.15) is 0 Å². The molecule has 2 atom stereocenters. The van der Waals surface area contributed by atoms with Crippen LogP contribution in [-0.2, 0) is 17.6 Å². The number of aromatic nitrogens is 1. The number of aryl methyl sites for hydroxylation is 1. The number of carboxylic acids is 1. The number of pyridine rings is 1. The van der Waals surface area contributed by atoms with Crippen molar-refractivity contribution in [1.82, 2.24) is 10.3 Å². The van der Waals surface area contributed by atoms with Gasteiger partial charge in [0.2, 0.25) is 0 Å². The molecular weight excluding hydrogens is 407 g/mol. The number of nitrogens with one attached hydrogen (secondary N) is 3. The molecule has 0 fully saturated rings. The summed E-state index contributed by atoms with van der Waals surface area (Å²) in [6.07, 6.45) is 2.02. The predicted octanol–water partition coefficient (Wildman–Crippen LogP) is 3.94. The van der Waals surface area contributed by atoms with Crippen molar-refractivity contribution in [3.05, 3.63) is 88.9 Å². The first-order valence-corrected chi connectivity index (χ1v) is 10.7. The van der Waals surface area contributed by atoms with Crippen LogP contribution in [0.25, 0.3) is 0 Å². The van der Waals surface area contributed by atoms with Gasteiger partial charge < -0.3 is 21.1 Å². The minimum atomic E-state index is -0.827. The molecule has 32 heavy (non-hydrogen) atoms. The van der Waals surface area contributed by atoms with E-state index in [2.05, 4.69) is 33.1 Å². The lowest BCUT2D eigenvalue weighted by molar-refractivity contribution is -0.136. The normalized spacial score (nSPS) is 15.9. The maximum Gasteiger partial charge on any atom is 0.307 e. The zero-order chi connectivity index (χ0) is 22.5. The lowest BCUT2D eigenvalue weighted by Gasteiger charge is -2.34. The van der Waals surface area contributed by atoms with E-state index in [1.165, 1.54) is 12.3 Å². The Morgan fingerprint density at radius 3 is 2.84 bits per heavy atom. The number of aliphatic carboxylic acids is 1. The lowest BCUT2D eigenvalue weighted by Crippen LogP contribution is -2.44. The molecule has 0 amide bonds. The molecule has 0 radical (unpaired) electrons. The molecule has 1 aromatic heterocycles. The summed E-state index contributed by atoms with van der Waals surface area (Å²) >= 11 is 0. The molecule has 0 saturated carbocycles. The highest BCUT2D eigenvalue weighted by Gasteiger charge is 2.27. The molecule has 6 nitrogen and oxygen atoms in total. The third-order valence-electron chi connectivity index (χ3n) is 5.78. The van der Waals surface area contributed by atoms with Crippen molar-refractivity contribution in [2.45, 2.75) is 31.8 Å². The van der Waals surface area contributed by atoms with E-state index in [9.17, 15) is 9.18 Å². The third-order valence-corrected chi connectivity index (χ3v) is 5.78. The number of halogens is 1. The number of fused-ring (bicyclic) bond motifs is 1. The second kappa shape index (κ2) is 9.78. The monoisotopic (exact) mass is 434 g/mol. The third kappa shape index (κ3) is 5.23. The highest BCUT2D eigenvalue weighted by atomic mass is 19.1. The molecule has 1 aliphatic rings. The number of carboxylic acid groups (broad SMARTS) is 1. The summed E-state index contributed by atoms with van der Waals surface area (Å²) in [5.41, 5.74) is 4.91. The molecule has 0 unspecified atom stereocenters. The fourth-order valence-corrected chi connectivity index (χ4v) is 4.13. The van der Waals surface area contributed by atoms with Crippen LogP contribution in [0.15, 0.2) is 60.8 Å². The Kier molecular flexibility index (Phi) is 6.66. The van der Waals surface area contributed by atoms with E-state index >= 15 is 0 Å². The summed E-state index contributed by atoms with van der Waals surface area (Å²) in [7, 11) is 0. The summed E-state index contributed by atoms with van der Waals surface area (Å²) in [5, 5.41) is 19.5. The number of benzene rings is 2. The Hall–Kier alpha value is -3.45. The van der Waals surface area contributed by atoms with Crippen molar-refractivity contribution in [2.75, 3.05) is 23.7 Å². The van der Waals surface area contributed by atoms with Crippen LogP contribution in [0.4, 0.5) is 15.9 Å². The average molecular weight is 435 g/mol. The Balaban J connectivity index is 1.48. The standard InChI is InChI=1S/C25H27FN4O2/c1-16-7-8-17(12-23(31)32)11-19(16)9-10-27-24(18-5-3-2-4-6-18)22-15-28-21-13-20(26)14-29-25(21)30-22/h2-8,11,13-14,22,24,27-28H,9-10,12,15H2,1H3,(H,29,30)(H,31,32)/t22-,24-/m1/s1. The lowest BCUT2D eigenvalue weighted by atomic mass is 9.96. The maximum atomic E-state index is 13.5. The minimum Gasteiger partial charge on any atom is -0.481 e. The average Bonchev–Trinajstić information content (AvgIpc) is 2.78. The molecule has 7 heteroatoms. The van der Waals surface area contributed by atoms with Gasteiger partial charge in [0.15, 0.2) is 0 Å². The van der Waals surface area contributed by atoms with Crippen molar-refractivity contribution in [1.29, 1.82) is 0 Å². The van der Waals surface area contributed by atoms with E-state index < -0.39 is 5.97 Å². The summed E-state index contributed by atoms with van der Waals surface area (Å²) in [6, 6.07) is 17.5. The Morgan fingerprint density at radius 2 is 2.06 bits per heavy atom. The highest BCUT2D eigenvalue weighted by molar-refractivity contribution is 5.70. The van der Waals surface area contributed by atoms with Crippen LogP contribution in [0.3, 0.4) is 0 Å². The first kappa shape index (κ1) is 21.8. The van der Waals surface area contributed by atoms with Crippen molar-refractivity contribution in [3.8, 4) is 0 Å². The molecule has 0 saturated heterocycles. The number of rotatable bonds is 8. The molecule has 2 aromatic carbocycles. The van der Waals surface area contributed by atoms with E-state index in [-0.39, 0.29) is 24.3 Å². The van der Waals surface area contributed by atoms with Gasteiger partial charge in [0.25, 0.3) is 0 Å². The predicted molar refractivity (Wildman–Crippen MR) is 124 cm³/mol. The van der Waals surface area contributed by atoms with Crippen LogP contribution in [0, 0.1) is 12.7 Å². The first-order chi connectivity index (χ1) is 15.5. The van der Waals surface area contributed by atoms with Crippen LogP contribution in [0.1, 0.15) is 28.3 Å². The molecular formula is C25H27FN4O2. The van der Waals surface area contributed by atoms with Crippen molar-refractivity contribution >= 4 is 17.5 Å². The molecule has 4 rings (SSSR count). The van der Waals surface area contributed by atoms with Gasteiger partial charge in [-0.25, -0.2) is 9.37 Å². The van der Waals surface area contributed by atoms with Crippen LogP contribution in [0.2, 0.25) is 0 Å². The number of carbonyl (C=O) groups is 1. The zero-order valence-corrected chi connectivity index (χ0v) is 17.9. The fraction of sp³-hybridized carbons (Fsp3) is 0.280. The summed E-state index contributed by atoms with van der Waals surface area (Å²) in [4.78, 5) is 15.2. The fourth-order valence-electron chi connectivity index (χ4n) is 4.13. The van der Waals surface area contributed by atoms with E-state index in [4.69, 9.17) is 5.11 Å². The quantitative estimate of drug-likeness (QED) is 0.430. The SMILES string of the molecule is Cc1ccc(CC(=O)O)cc1CCN[C@H](c1ccccc1)[C@H]1CNc2cc(F)cnc2N1. The second-order valence-electron chi connectivity index (χ2n) is 8.11. The van der Waals surface area contributed by atoms with Gasteiger partial charge in [-0.1, -0.05) is 48.5 Å². The Labute approximate surface area is 186 Å². The van der Waals surface area contributed by atoms with Crippen LogP contribution < -0.4 is 16.0 Å². The topological polar surface area (TPSA) is 86.3 Å². The largest absolute Gasteiger partial charge is 0.481 e. The second-order valence-corrected chi connectivity index (χ2v) is 8.11. The summed E-state index contributed by atoms with van der Waals surface area (Å²) in [6.45, 7) is 3.39. The Bertz CT molecular complexity index is 1090. The van der Waals surface area contributed by atoms with Crippen LogP contribution in [-0.4, -0.2) is 35.2 Å². The van der Waals surface area contributed by atoms with Gasteiger partial charge >= 0.3 is 5.97 Å². The molecule has 0 aliphatic carbocycles. The maximum absolute atomic E-state index is 13.5. The van der Waals surface area contributed by atoms with Gasteiger partial charge in [0, 0.05) is 12.6 Å². The van der Waals surface area contributed by atoms with Gasteiger partial charge in [-0.05, 0) is 42.1 Å².